The molecule has 0 bridgehead atoms. The second-order valence-electron chi connectivity index (χ2n) is 3.66. The van der Waals surface area contributed by atoms with Gasteiger partial charge in [-0.25, -0.2) is 0 Å². The van der Waals surface area contributed by atoms with Crippen molar-refractivity contribution in [2.45, 2.75) is 25.9 Å². The molecule has 0 fully saturated rings. The molecule has 5 nitrogen and oxygen atoms in total. The van der Waals surface area contributed by atoms with E-state index >= 15 is 0 Å². The molecule has 0 heterocycles. The third kappa shape index (κ3) is 3.79. The van der Waals surface area contributed by atoms with E-state index in [4.69, 9.17) is 16.2 Å². The highest BCUT2D eigenvalue weighted by Crippen LogP contribution is 2.12. The van der Waals surface area contributed by atoms with Crippen molar-refractivity contribution < 1.29 is 14.3 Å². The molecule has 1 atom stereocenters. The third-order valence-corrected chi connectivity index (χ3v) is 2.35. The molecule has 1 aromatic rings. The number of rotatable bonds is 5. The fourth-order valence-corrected chi connectivity index (χ4v) is 1.39. The lowest BCUT2D eigenvalue weighted by molar-refractivity contribution is -0.154. The Hall–Kier alpha value is -2.04. The number of nitrogen functional groups attached to an aromatic ring is 1. The topological polar surface area (TPSA) is 95.4 Å². The van der Waals surface area contributed by atoms with Crippen LogP contribution < -0.4 is 11.5 Å². The zero-order valence-electron chi connectivity index (χ0n) is 9.68. The number of primary amides is 1. The van der Waals surface area contributed by atoms with Crippen LogP contribution in [0.5, 0.6) is 0 Å². The summed E-state index contributed by atoms with van der Waals surface area (Å²) in [7, 11) is 0. The molecule has 4 N–H and O–H groups in total. The predicted octanol–water partition coefficient (Wildman–Crippen LogP) is 0.618. The number of benzene rings is 1. The summed E-state index contributed by atoms with van der Waals surface area (Å²) in [5, 5.41) is 0. The highest BCUT2D eigenvalue weighted by Gasteiger charge is 2.18. The molecule has 0 spiro atoms. The molecule has 0 aliphatic carbocycles. The number of para-hydroxylation sites is 1. The number of nitrogens with two attached hydrogens (primary N) is 2. The van der Waals surface area contributed by atoms with Crippen molar-refractivity contribution in [3.05, 3.63) is 29.8 Å². The van der Waals surface area contributed by atoms with Crippen molar-refractivity contribution in [1.82, 2.24) is 0 Å². The molecule has 1 rings (SSSR count). The number of amides is 1. The normalized spacial score (nSPS) is 11.8. The van der Waals surface area contributed by atoms with Gasteiger partial charge in [-0.1, -0.05) is 25.1 Å². The minimum absolute atomic E-state index is 0.0381. The van der Waals surface area contributed by atoms with Gasteiger partial charge < -0.3 is 16.2 Å². The average Bonchev–Trinajstić information content (AvgIpc) is 2.28. The maximum Gasteiger partial charge on any atom is 0.311 e. The van der Waals surface area contributed by atoms with Crippen LogP contribution in [-0.2, 0) is 20.7 Å². The number of hydrogen-bond donors (Lipinski definition) is 2. The van der Waals surface area contributed by atoms with Crippen molar-refractivity contribution in [3.8, 4) is 0 Å². The van der Waals surface area contributed by atoms with E-state index in [0.717, 1.165) is 0 Å². The second kappa shape index (κ2) is 5.89. The van der Waals surface area contributed by atoms with Crippen LogP contribution in [-0.4, -0.2) is 18.0 Å². The number of esters is 1. The van der Waals surface area contributed by atoms with Crippen molar-refractivity contribution in [2.24, 2.45) is 5.73 Å². The predicted molar refractivity (Wildman–Crippen MR) is 63.9 cm³/mol. The Labute approximate surface area is 99.7 Å². The van der Waals surface area contributed by atoms with Crippen LogP contribution in [0.15, 0.2) is 24.3 Å². The minimum Gasteiger partial charge on any atom is -0.452 e. The van der Waals surface area contributed by atoms with Crippen molar-refractivity contribution in [3.63, 3.8) is 0 Å². The first-order valence-electron chi connectivity index (χ1n) is 5.36. The SMILES string of the molecule is CCC(OC(=O)Cc1ccccc1N)C(N)=O. The Bertz CT molecular complexity index is 418. The summed E-state index contributed by atoms with van der Waals surface area (Å²) in [6, 6.07) is 7.00. The van der Waals surface area contributed by atoms with Gasteiger partial charge in [-0.2, -0.15) is 0 Å². The summed E-state index contributed by atoms with van der Waals surface area (Å²) in [4.78, 5) is 22.5. The summed E-state index contributed by atoms with van der Waals surface area (Å²) < 4.78 is 4.95. The minimum atomic E-state index is -0.868. The summed E-state index contributed by atoms with van der Waals surface area (Å²) in [5.41, 5.74) is 12.0. The first kappa shape index (κ1) is 13.0. The molecule has 17 heavy (non-hydrogen) atoms. The fourth-order valence-electron chi connectivity index (χ4n) is 1.39. The summed E-state index contributed by atoms with van der Waals surface area (Å²) in [6.45, 7) is 1.72. The highest BCUT2D eigenvalue weighted by atomic mass is 16.5. The van der Waals surface area contributed by atoms with E-state index < -0.39 is 18.0 Å². The van der Waals surface area contributed by atoms with Crippen molar-refractivity contribution in [2.75, 3.05) is 5.73 Å². The van der Waals surface area contributed by atoms with Crippen molar-refractivity contribution in [1.29, 1.82) is 0 Å². The quantitative estimate of drug-likeness (QED) is 0.578. The van der Waals surface area contributed by atoms with E-state index in [9.17, 15) is 9.59 Å². The average molecular weight is 236 g/mol. The molecule has 0 radical (unpaired) electrons. The van der Waals surface area contributed by atoms with Crippen LogP contribution in [0.1, 0.15) is 18.9 Å². The Morgan fingerprint density at radius 1 is 1.35 bits per heavy atom. The lowest BCUT2D eigenvalue weighted by atomic mass is 10.1. The van der Waals surface area contributed by atoms with E-state index in [1.54, 1.807) is 31.2 Å². The molecule has 1 aromatic carbocycles. The van der Waals surface area contributed by atoms with Gasteiger partial charge in [-0.05, 0) is 18.1 Å². The van der Waals surface area contributed by atoms with Crippen molar-refractivity contribution >= 4 is 17.6 Å². The first-order chi connectivity index (χ1) is 8.04. The van der Waals surface area contributed by atoms with Gasteiger partial charge in [0, 0.05) is 5.69 Å². The van der Waals surface area contributed by atoms with Gasteiger partial charge in [0.05, 0.1) is 6.42 Å². The smallest absolute Gasteiger partial charge is 0.311 e. The van der Waals surface area contributed by atoms with Crippen LogP contribution in [0.4, 0.5) is 5.69 Å². The maximum atomic E-state index is 11.6. The zero-order valence-corrected chi connectivity index (χ0v) is 9.68. The molecule has 0 saturated carbocycles. The maximum absolute atomic E-state index is 11.6. The number of carbonyl (C=O) groups is 2. The third-order valence-electron chi connectivity index (χ3n) is 2.35. The Kier molecular flexibility index (Phi) is 4.51. The van der Waals surface area contributed by atoms with E-state index in [1.165, 1.54) is 0 Å². The molecule has 1 unspecified atom stereocenters. The van der Waals surface area contributed by atoms with Gasteiger partial charge in [0.2, 0.25) is 0 Å². The van der Waals surface area contributed by atoms with Gasteiger partial charge in [0.25, 0.3) is 5.91 Å². The molecule has 1 amide bonds. The summed E-state index contributed by atoms with van der Waals surface area (Å²) in [5.74, 6) is -1.14. The number of anilines is 1. The van der Waals surface area contributed by atoms with Crippen LogP contribution >= 0.6 is 0 Å². The number of ether oxygens (including phenoxy) is 1. The zero-order chi connectivity index (χ0) is 12.8. The van der Waals surface area contributed by atoms with E-state index in [0.29, 0.717) is 17.7 Å². The molecule has 0 aliphatic rings. The van der Waals surface area contributed by atoms with Gasteiger partial charge in [0.1, 0.15) is 0 Å². The monoisotopic (exact) mass is 236 g/mol. The first-order valence-corrected chi connectivity index (χ1v) is 5.36. The molecule has 0 aromatic heterocycles. The Balaban J connectivity index is 2.61. The van der Waals surface area contributed by atoms with Gasteiger partial charge >= 0.3 is 5.97 Å². The van der Waals surface area contributed by atoms with E-state index in [-0.39, 0.29) is 6.42 Å². The van der Waals surface area contributed by atoms with Crippen LogP contribution in [0.25, 0.3) is 0 Å². The van der Waals surface area contributed by atoms with Gasteiger partial charge in [0.15, 0.2) is 6.10 Å². The number of hydrogen-bond acceptors (Lipinski definition) is 4. The summed E-state index contributed by atoms with van der Waals surface area (Å²) in [6.07, 6.45) is -0.464. The molecule has 92 valence electrons. The lowest BCUT2D eigenvalue weighted by Gasteiger charge is -2.12. The standard InChI is InChI=1S/C12H16N2O3/c1-2-10(12(14)16)17-11(15)7-8-5-3-4-6-9(8)13/h3-6,10H,2,7,13H2,1H3,(H2,14,16). The fraction of sp³-hybridized carbons (Fsp3) is 0.333. The molecule has 0 saturated heterocycles. The molecular weight excluding hydrogens is 220 g/mol. The largest absolute Gasteiger partial charge is 0.452 e. The van der Waals surface area contributed by atoms with Crippen LogP contribution in [0.3, 0.4) is 0 Å². The lowest BCUT2D eigenvalue weighted by Crippen LogP contribution is -2.33. The van der Waals surface area contributed by atoms with Gasteiger partial charge in [-0.3, -0.25) is 9.59 Å². The van der Waals surface area contributed by atoms with Crippen LogP contribution in [0.2, 0.25) is 0 Å². The Morgan fingerprint density at radius 2 is 2.00 bits per heavy atom. The highest BCUT2D eigenvalue weighted by molar-refractivity contribution is 5.83. The molecular formula is C12H16N2O3. The summed E-state index contributed by atoms with van der Waals surface area (Å²) >= 11 is 0. The molecule has 0 aliphatic heterocycles. The number of carbonyl (C=O) groups excluding carboxylic acids is 2. The Morgan fingerprint density at radius 3 is 2.53 bits per heavy atom. The van der Waals surface area contributed by atoms with E-state index in [1.807, 2.05) is 0 Å². The van der Waals surface area contributed by atoms with Crippen LogP contribution in [0, 0.1) is 0 Å². The second-order valence-corrected chi connectivity index (χ2v) is 3.66. The van der Waals surface area contributed by atoms with Gasteiger partial charge in [-0.15, -0.1) is 0 Å². The van der Waals surface area contributed by atoms with E-state index in [2.05, 4.69) is 0 Å². The molecule has 5 heteroatoms.